The maximum atomic E-state index is 12.0. The SMILES string of the molecule is CN(C)CCCOc1ccc(/C=N/NC(=O)c2ccc(C(=O)NO)cc2)cc1. The molecule has 0 spiro atoms. The summed E-state index contributed by atoms with van der Waals surface area (Å²) in [5, 5.41) is 12.5. The summed E-state index contributed by atoms with van der Waals surface area (Å²) in [4.78, 5) is 25.4. The van der Waals surface area contributed by atoms with Crippen molar-refractivity contribution < 1.29 is 19.5 Å². The van der Waals surface area contributed by atoms with Gasteiger partial charge in [-0.25, -0.2) is 10.9 Å². The Balaban J connectivity index is 1.81. The molecule has 28 heavy (non-hydrogen) atoms. The van der Waals surface area contributed by atoms with E-state index in [9.17, 15) is 9.59 Å². The summed E-state index contributed by atoms with van der Waals surface area (Å²) in [5.41, 5.74) is 5.35. The topological polar surface area (TPSA) is 103 Å². The first-order chi connectivity index (χ1) is 13.5. The standard InChI is InChI=1S/C20H24N4O4/c1-24(2)12-3-13-28-18-10-4-15(5-11-18)14-21-22-19(25)16-6-8-17(9-7-16)20(26)23-27/h4-11,14,27H,3,12-13H2,1-2H3,(H,22,25)(H,23,26)/b21-14+. The quantitative estimate of drug-likeness (QED) is 0.265. The van der Waals surface area contributed by atoms with Crippen molar-refractivity contribution in [3.05, 3.63) is 65.2 Å². The van der Waals surface area contributed by atoms with Gasteiger partial charge in [-0.05, 0) is 74.6 Å². The Hall–Kier alpha value is -3.23. The number of carbonyl (C=O) groups is 2. The third-order valence-electron chi connectivity index (χ3n) is 3.79. The van der Waals surface area contributed by atoms with Gasteiger partial charge in [-0.2, -0.15) is 5.10 Å². The molecule has 0 aromatic heterocycles. The Bertz CT molecular complexity index is 802. The number of ether oxygens (including phenoxy) is 1. The third-order valence-corrected chi connectivity index (χ3v) is 3.79. The number of nitrogens with zero attached hydrogens (tertiary/aromatic N) is 2. The third kappa shape index (κ3) is 6.82. The molecule has 2 amide bonds. The summed E-state index contributed by atoms with van der Waals surface area (Å²) in [5.74, 6) is -0.268. The minimum atomic E-state index is -0.643. The molecule has 8 heteroatoms. The predicted molar refractivity (Wildman–Crippen MR) is 106 cm³/mol. The number of amides is 2. The second kappa shape index (κ2) is 10.8. The molecule has 0 saturated carbocycles. The number of hydrogen-bond acceptors (Lipinski definition) is 6. The van der Waals surface area contributed by atoms with Gasteiger partial charge in [0.25, 0.3) is 11.8 Å². The first kappa shape index (κ1) is 21.1. The van der Waals surface area contributed by atoms with Crippen LogP contribution in [0.2, 0.25) is 0 Å². The van der Waals surface area contributed by atoms with Gasteiger partial charge in [-0.1, -0.05) is 0 Å². The number of hydrogen-bond donors (Lipinski definition) is 3. The molecule has 0 radical (unpaired) electrons. The van der Waals surface area contributed by atoms with Crippen LogP contribution in [0.4, 0.5) is 0 Å². The van der Waals surface area contributed by atoms with E-state index in [-0.39, 0.29) is 5.56 Å². The molecule has 0 heterocycles. The molecule has 2 aromatic carbocycles. The molecule has 0 aliphatic carbocycles. The van der Waals surface area contributed by atoms with Crippen LogP contribution in [0.25, 0.3) is 0 Å². The fraction of sp³-hybridized carbons (Fsp3) is 0.250. The van der Waals surface area contributed by atoms with Crippen LogP contribution in [0.15, 0.2) is 53.6 Å². The summed E-state index contributed by atoms with van der Waals surface area (Å²) in [6, 6.07) is 13.2. The van der Waals surface area contributed by atoms with Gasteiger partial charge in [-0.3, -0.25) is 14.8 Å². The fourth-order valence-corrected chi connectivity index (χ4v) is 2.29. The lowest BCUT2D eigenvalue weighted by Gasteiger charge is -2.10. The molecule has 3 N–H and O–H groups in total. The van der Waals surface area contributed by atoms with Crippen molar-refractivity contribution in [3.63, 3.8) is 0 Å². The molecule has 8 nitrogen and oxygen atoms in total. The Morgan fingerprint density at radius 3 is 2.21 bits per heavy atom. The van der Waals surface area contributed by atoms with Gasteiger partial charge in [0.1, 0.15) is 5.75 Å². The smallest absolute Gasteiger partial charge is 0.274 e. The number of hydrazone groups is 1. The molecule has 0 unspecified atom stereocenters. The summed E-state index contributed by atoms with van der Waals surface area (Å²) >= 11 is 0. The first-order valence-electron chi connectivity index (χ1n) is 8.75. The summed E-state index contributed by atoms with van der Waals surface area (Å²) < 4.78 is 5.66. The van der Waals surface area contributed by atoms with Crippen molar-refractivity contribution in [1.29, 1.82) is 0 Å². The molecule has 2 rings (SSSR count). The van der Waals surface area contributed by atoms with E-state index in [1.54, 1.807) is 0 Å². The highest BCUT2D eigenvalue weighted by atomic mass is 16.5. The van der Waals surface area contributed by atoms with Crippen molar-refractivity contribution in [3.8, 4) is 5.75 Å². The van der Waals surface area contributed by atoms with Crippen molar-refractivity contribution >= 4 is 18.0 Å². The van der Waals surface area contributed by atoms with Crippen molar-refractivity contribution in [1.82, 2.24) is 15.8 Å². The van der Waals surface area contributed by atoms with E-state index < -0.39 is 11.8 Å². The lowest BCUT2D eigenvalue weighted by Crippen LogP contribution is -2.20. The molecule has 0 fully saturated rings. The van der Waals surface area contributed by atoms with E-state index in [4.69, 9.17) is 9.94 Å². The zero-order chi connectivity index (χ0) is 20.4. The monoisotopic (exact) mass is 384 g/mol. The van der Waals surface area contributed by atoms with E-state index in [2.05, 4.69) is 15.4 Å². The molecule has 0 saturated heterocycles. The molecule has 148 valence electrons. The van der Waals surface area contributed by atoms with Crippen LogP contribution in [-0.2, 0) is 0 Å². The summed E-state index contributed by atoms with van der Waals surface area (Å²) in [7, 11) is 4.05. The number of rotatable bonds is 9. The predicted octanol–water partition coefficient (Wildman–Crippen LogP) is 1.90. The second-order valence-corrected chi connectivity index (χ2v) is 6.29. The van der Waals surface area contributed by atoms with E-state index in [1.165, 1.54) is 36.0 Å². The zero-order valence-corrected chi connectivity index (χ0v) is 15.9. The van der Waals surface area contributed by atoms with Gasteiger partial charge in [0.05, 0.1) is 12.8 Å². The van der Waals surface area contributed by atoms with Gasteiger partial charge in [0.15, 0.2) is 0 Å². The maximum Gasteiger partial charge on any atom is 0.274 e. The molecule has 2 aromatic rings. The first-order valence-corrected chi connectivity index (χ1v) is 8.75. The van der Waals surface area contributed by atoms with Crippen LogP contribution in [0.3, 0.4) is 0 Å². The van der Waals surface area contributed by atoms with Gasteiger partial charge < -0.3 is 9.64 Å². The minimum absolute atomic E-state index is 0.242. The Kier molecular flexibility index (Phi) is 8.13. The molecular formula is C20H24N4O4. The van der Waals surface area contributed by atoms with Crippen LogP contribution in [0, 0.1) is 0 Å². The van der Waals surface area contributed by atoms with Crippen LogP contribution in [0.5, 0.6) is 5.75 Å². The van der Waals surface area contributed by atoms with Crippen molar-refractivity contribution in [2.24, 2.45) is 5.10 Å². The molecule has 0 atom stereocenters. The van der Waals surface area contributed by atoms with Gasteiger partial charge in [-0.15, -0.1) is 0 Å². The summed E-state index contributed by atoms with van der Waals surface area (Å²) in [6.07, 6.45) is 2.48. The van der Waals surface area contributed by atoms with E-state index >= 15 is 0 Å². The Morgan fingerprint density at radius 2 is 1.64 bits per heavy atom. The van der Waals surface area contributed by atoms with Crippen LogP contribution >= 0.6 is 0 Å². The van der Waals surface area contributed by atoms with Crippen molar-refractivity contribution in [2.75, 3.05) is 27.2 Å². The number of nitrogens with one attached hydrogen (secondary N) is 2. The maximum absolute atomic E-state index is 12.0. The highest BCUT2D eigenvalue weighted by Gasteiger charge is 2.07. The van der Waals surface area contributed by atoms with Gasteiger partial charge in [0.2, 0.25) is 0 Å². The Morgan fingerprint density at radius 1 is 1.04 bits per heavy atom. The molecule has 0 aliphatic heterocycles. The largest absolute Gasteiger partial charge is 0.494 e. The number of carbonyl (C=O) groups excluding carboxylic acids is 2. The number of benzene rings is 2. The average Bonchev–Trinajstić information content (AvgIpc) is 2.71. The van der Waals surface area contributed by atoms with Gasteiger partial charge >= 0.3 is 0 Å². The van der Waals surface area contributed by atoms with E-state index in [0.29, 0.717) is 12.2 Å². The van der Waals surface area contributed by atoms with Crippen molar-refractivity contribution in [2.45, 2.75) is 6.42 Å². The number of hydroxylamine groups is 1. The lowest BCUT2D eigenvalue weighted by atomic mass is 10.1. The normalized spacial score (nSPS) is 10.9. The highest BCUT2D eigenvalue weighted by molar-refractivity contribution is 5.97. The Labute approximate surface area is 163 Å². The molecular weight excluding hydrogens is 360 g/mol. The molecule has 0 aliphatic rings. The van der Waals surface area contributed by atoms with E-state index in [1.807, 2.05) is 38.4 Å². The van der Waals surface area contributed by atoms with Crippen LogP contribution in [-0.4, -0.2) is 55.4 Å². The average molecular weight is 384 g/mol. The zero-order valence-electron chi connectivity index (χ0n) is 15.9. The highest BCUT2D eigenvalue weighted by Crippen LogP contribution is 2.11. The van der Waals surface area contributed by atoms with Crippen LogP contribution < -0.4 is 15.6 Å². The second-order valence-electron chi connectivity index (χ2n) is 6.29. The molecule has 0 bridgehead atoms. The fourth-order valence-electron chi connectivity index (χ4n) is 2.29. The minimum Gasteiger partial charge on any atom is -0.494 e. The van der Waals surface area contributed by atoms with E-state index in [0.717, 1.165) is 24.3 Å². The summed E-state index contributed by atoms with van der Waals surface area (Å²) in [6.45, 7) is 1.63. The lowest BCUT2D eigenvalue weighted by molar-refractivity contribution is 0.0706. The van der Waals surface area contributed by atoms with Gasteiger partial charge in [0, 0.05) is 17.7 Å². The van der Waals surface area contributed by atoms with Crippen LogP contribution in [0.1, 0.15) is 32.7 Å².